The van der Waals surface area contributed by atoms with Gasteiger partial charge in [0.1, 0.15) is 0 Å². The summed E-state index contributed by atoms with van der Waals surface area (Å²) in [6, 6.07) is 0. The maximum Gasteiger partial charge on any atom is 0.181 e. The molecule has 0 aromatic rings. The molecule has 1 atom stereocenters. The van der Waals surface area contributed by atoms with Crippen molar-refractivity contribution in [2.75, 3.05) is 6.61 Å². The van der Waals surface area contributed by atoms with E-state index in [9.17, 15) is 4.79 Å². The fraction of sp³-hybridized carbons (Fsp3) is 0.588. The summed E-state index contributed by atoms with van der Waals surface area (Å²) in [5.74, 6) is 0.549. The molecule has 2 nitrogen and oxygen atoms in total. The summed E-state index contributed by atoms with van der Waals surface area (Å²) < 4.78 is 0. The van der Waals surface area contributed by atoms with Crippen molar-refractivity contribution in [2.45, 2.75) is 53.9 Å². The van der Waals surface area contributed by atoms with E-state index in [2.05, 4.69) is 6.08 Å². The van der Waals surface area contributed by atoms with Crippen molar-refractivity contribution in [1.82, 2.24) is 0 Å². The number of carbonyl (C=O) groups excluding carboxylic acids is 1. The molecule has 2 rings (SSSR count). The molecule has 0 aromatic carbocycles. The van der Waals surface area contributed by atoms with Crippen molar-refractivity contribution >= 4 is 5.78 Å². The van der Waals surface area contributed by atoms with Crippen LogP contribution in [-0.2, 0) is 4.79 Å². The van der Waals surface area contributed by atoms with Gasteiger partial charge in [0.05, 0.1) is 0 Å². The molecule has 0 spiro atoms. The number of allylic oxidation sites excluding steroid dienone is 5. The number of hydrogen-bond donors (Lipinski definition) is 1. The number of aliphatic hydroxyl groups excluding tert-OH is 1. The molecule has 0 heterocycles. The van der Waals surface area contributed by atoms with Gasteiger partial charge in [-0.05, 0) is 37.8 Å². The summed E-state index contributed by atoms with van der Waals surface area (Å²) in [5.41, 5.74) is 3.31. The van der Waals surface area contributed by atoms with Crippen molar-refractivity contribution in [3.63, 3.8) is 0 Å². The Morgan fingerprint density at radius 3 is 2.47 bits per heavy atom. The van der Waals surface area contributed by atoms with E-state index in [0.29, 0.717) is 5.92 Å². The van der Waals surface area contributed by atoms with Gasteiger partial charge in [-0.25, -0.2) is 0 Å². The van der Waals surface area contributed by atoms with E-state index in [1.54, 1.807) is 6.08 Å². The first-order chi connectivity index (χ1) is 9.22. The van der Waals surface area contributed by atoms with Crippen LogP contribution in [0.1, 0.15) is 53.9 Å². The van der Waals surface area contributed by atoms with E-state index in [1.165, 1.54) is 5.57 Å². The second kappa shape index (κ2) is 9.74. The van der Waals surface area contributed by atoms with Crippen LogP contribution in [0.2, 0.25) is 0 Å². The number of ketones is 1. The van der Waals surface area contributed by atoms with Gasteiger partial charge in [0.2, 0.25) is 0 Å². The maximum atomic E-state index is 11.5. The molecule has 0 radical (unpaired) electrons. The molecule has 108 valence electrons. The van der Waals surface area contributed by atoms with Gasteiger partial charge < -0.3 is 5.11 Å². The summed E-state index contributed by atoms with van der Waals surface area (Å²) in [7, 11) is 0. The molecule has 0 aliphatic heterocycles. The molecule has 2 heteroatoms. The zero-order chi connectivity index (χ0) is 14.8. The number of hydrogen-bond acceptors (Lipinski definition) is 2. The van der Waals surface area contributed by atoms with Crippen LogP contribution in [0.5, 0.6) is 0 Å². The largest absolute Gasteiger partial charge is 0.396 e. The summed E-state index contributed by atoms with van der Waals surface area (Å²) in [6.07, 6.45) is 8.66. The topological polar surface area (TPSA) is 37.3 Å². The molecule has 1 N–H and O–H groups in total. The molecule has 0 fully saturated rings. The van der Waals surface area contributed by atoms with Crippen LogP contribution in [-0.4, -0.2) is 17.5 Å². The zero-order valence-corrected chi connectivity index (χ0v) is 13.0. The van der Waals surface area contributed by atoms with Crippen molar-refractivity contribution in [3.8, 4) is 0 Å². The Bertz CT molecular complexity index is 373. The molecule has 1 unspecified atom stereocenters. The summed E-state index contributed by atoms with van der Waals surface area (Å²) in [5, 5.41) is 8.89. The second-order valence-corrected chi connectivity index (χ2v) is 4.23. The Hall–Kier alpha value is -1.15. The maximum absolute atomic E-state index is 11.5. The third-order valence-electron chi connectivity index (χ3n) is 3.25. The minimum atomic E-state index is 0.128. The van der Waals surface area contributed by atoms with Gasteiger partial charge in [-0.2, -0.15) is 0 Å². The first-order valence-corrected chi connectivity index (χ1v) is 7.46. The zero-order valence-electron chi connectivity index (χ0n) is 13.0. The molecule has 0 aromatic heterocycles. The Labute approximate surface area is 117 Å². The predicted molar refractivity (Wildman–Crippen MR) is 82.1 cm³/mol. The molecular formula is C17H28O2. The SMILES string of the molecule is CC.CC.CC1=C2C=C(CCO)CCC2C=CC1=O. The van der Waals surface area contributed by atoms with Crippen LogP contribution in [0.15, 0.2) is 34.9 Å². The highest BCUT2D eigenvalue weighted by molar-refractivity contribution is 6.05. The van der Waals surface area contributed by atoms with Crippen LogP contribution < -0.4 is 0 Å². The van der Waals surface area contributed by atoms with Gasteiger partial charge in [0.25, 0.3) is 0 Å². The quantitative estimate of drug-likeness (QED) is 0.811. The van der Waals surface area contributed by atoms with Gasteiger partial charge in [-0.3, -0.25) is 4.79 Å². The van der Waals surface area contributed by atoms with E-state index in [1.807, 2.05) is 40.7 Å². The molecule has 0 saturated heterocycles. The van der Waals surface area contributed by atoms with Crippen molar-refractivity contribution < 1.29 is 9.90 Å². The van der Waals surface area contributed by atoms with Crippen molar-refractivity contribution in [1.29, 1.82) is 0 Å². The normalized spacial score (nSPS) is 20.6. The lowest BCUT2D eigenvalue weighted by atomic mass is 9.78. The van der Waals surface area contributed by atoms with E-state index >= 15 is 0 Å². The highest BCUT2D eigenvalue weighted by Crippen LogP contribution is 2.35. The fourth-order valence-corrected chi connectivity index (χ4v) is 2.29. The molecular weight excluding hydrogens is 236 g/mol. The third kappa shape index (κ3) is 4.79. The standard InChI is InChI=1S/C13H16O2.2C2H6/c1-9-12-8-10(6-7-14)2-3-11(12)4-5-13(9)15;2*1-2/h4-5,8,11,14H,2-3,6-7H2,1H3;2*1-2H3. The molecule has 0 amide bonds. The van der Waals surface area contributed by atoms with E-state index < -0.39 is 0 Å². The summed E-state index contributed by atoms with van der Waals surface area (Å²) in [4.78, 5) is 11.5. The number of carbonyl (C=O) groups is 1. The van der Waals surface area contributed by atoms with E-state index in [-0.39, 0.29) is 12.4 Å². The summed E-state index contributed by atoms with van der Waals surface area (Å²) in [6.45, 7) is 10.1. The number of rotatable bonds is 2. The fourth-order valence-electron chi connectivity index (χ4n) is 2.29. The van der Waals surface area contributed by atoms with Crippen molar-refractivity contribution in [3.05, 3.63) is 34.9 Å². The highest BCUT2D eigenvalue weighted by Gasteiger charge is 2.23. The smallest absolute Gasteiger partial charge is 0.181 e. The average molecular weight is 264 g/mol. The lowest BCUT2D eigenvalue weighted by Crippen LogP contribution is -2.16. The third-order valence-corrected chi connectivity index (χ3v) is 3.25. The average Bonchev–Trinajstić information content (AvgIpc) is 2.48. The van der Waals surface area contributed by atoms with Gasteiger partial charge >= 0.3 is 0 Å². The first kappa shape index (κ1) is 17.8. The van der Waals surface area contributed by atoms with Gasteiger partial charge in [0.15, 0.2) is 5.78 Å². The van der Waals surface area contributed by atoms with Crippen LogP contribution >= 0.6 is 0 Å². The second-order valence-electron chi connectivity index (χ2n) is 4.23. The van der Waals surface area contributed by atoms with Crippen LogP contribution in [0, 0.1) is 5.92 Å². The van der Waals surface area contributed by atoms with Gasteiger partial charge in [0, 0.05) is 18.1 Å². The minimum absolute atomic E-state index is 0.128. The number of fused-ring (bicyclic) bond motifs is 1. The van der Waals surface area contributed by atoms with E-state index in [0.717, 1.165) is 30.4 Å². The molecule has 0 saturated carbocycles. The molecule has 2 aliphatic rings. The van der Waals surface area contributed by atoms with Crippen LogP contribution in [0.25, 0.3) is 0 Å². The van der Waals surface area contributed by atoms with Crippen LogP contribution in [0.3, 0.4) is 0 Å². The lowest BCUT2D eigenvalue weighted by Gasteiger charge is -2.26. The Balaban J connectivity index is 0.000000741. The lowest BCUT2D eigenvalue weighted by molar-refractivity contribution is -0.111. The monoisotopic (exact) mass is 264 g/mol. The van der Waals surface area contributed by atoms with Gasteiger partial charge in [-0.1, -0.05) is 45.4 Å². The first-order valence-electron chi connectivity index (χ1n) is 7.46. The molecule has 2 aliphatic carbocycles. The Kier molecular flexibility index (Phi) is 9.15. The highest BCUT2D eigenvalue weighted by atomic mass is 16.3. The van der Waals surface area contributed by atoms with Crippen molar-refractivity contribution in [2.24, 2.45) is 5.92 Å². The Morgan fingerprint density at radius 2 is 1.89 bits per heavy atom. The molecule has 19 heavy (non-hydrogen) atoms. The minimum Gasteiger partial charge on any atom is -0.396 e. The van der Waals surface area contributed by atoms with E-state index in [4.69, 9.17) is 5.11 Å². The summed E-state index contributed by atoms with van der Waals surface area (Å²) >= 11 is 0. The predicted octanol–water partition coefficient (Wildman–Crippen LogP) is 4.21. The Morgan fingerprint density at radius 1 is 1.26 bits per heavy atom. The van der Waals surface area contributed by atoms with Gasteiger partial charge in [-0.15, -0.1) is 0 Å². The van der Waals surface area contributed by atoms with Crippen LogP contribution in [0.4, 0.5) is 0 Å². The number of aliphatic hydroxyl groups is 1. The molecule has 0 bridgehead atoms.